The molecule has 0 aliphatic carbocycles. The lowest BCUT2D eigenvalue weighted by atomic mass is 10.1. The van der Waals surface area contributed by atoms with Crippen LogP contribution in [-0.2, 0) is 6.54 Å². The lowest BCUT2D eigenvalue weighted by Crippen LogP contribution is -1.95. The molecule has 0 bridgehead atoms. The maximum absolute atomic E-state index is 13.6. The van der Waals surface area contributed by atoms with Crippen molar-refractivity contribution in [2.24, 2.45) is 0 Å². The molecule has 0 amide bonds. The van der Waals surface area contributed by atoms with E-state index in [0.29, 0.717) is 12.6 Å². The van der Waals surface area contributed by atoms with E-state index in [4.69, 9.17) is 0 Å². The number of alkyl halides is 2. The molecule has 0 aliphatic rings. The van der Waals surface area contributed by atoms with E-state index in [1.54, 1.807) is 6.92 Å². The maximum atomic E-state index is 13.6. The fourth-order valence-electron chi connectivity index (χ4n) is 1.65. The maximum Gasteiger partial charge on any atom is 0.267 e. The minimum Gasteiger partial charge on any atom is -0.272 e. The first kappa shape index (κ1) is 12.6. The number of benzene rings is 1. The summed E-state index contributed by atoms with van der Waals surface area (Å²) in [5.74, 6) is -1.66. The summed E-state index contributed by atoms with van der Waals surface area (Å²) >= 11 is 0. The lowest BCUT2D eigenvalue weighted by Gasteiger charge is -2.02. The topological polar surface area (TPSA) is 17.8 Å². The molecule has 0 unspecified atom stereocenters. The molecule has 2 rings (SSSR count). The van der Waals surface area contributed by atoms with E-state index >= 15 is 0 Å². The average Bonchev–Trinajstić information content (AvgIpc) is 2.73. The molecular weight excluding hydrogens is 248 g/mol. The van der Waals surface area contributed by atoms with Gasteiger partial charge in [-0.25, -0.2) is 17.6 Å². The summed E-state index contributed by atoms with van der Waals surface area (Å²) in [6.07, 6.45) is -1.59. The van der Waals surface area contributed by atoms with Crippen molar-refractivity contribution >= 4 is 0 Å². The van der Waals surface area contributed by atoms with Crippen LogP contribution in [-0.4, -0.2) is 9.78 Å². The van der Waals surface area contributed by atoms with Crippen molar-refractivity contribution in [2.45, 2.75) is 19.9 Å². The normalized spacial score (nSPS) is 11.2. The number of nitrogens with zero attached hydrogens (tertiary/aromatic N) is 2. The van der Waals surface area contributed by atoms with Gasteiger partial charge in [-0.3, -0.25) is 4.68 Å². The first-order valence-electron chi connectivity index (χ1n) is 5.33. The smallest absolute Gasteiger partial charge is 0.267 e. The monoisotopic (exact) mass is 258 g/mol. The number of hydrogen-bond acceptors (Lipinski definition) is 1. The molecule has 0 saturated heterocycles. The predicted octanol–water partition coefficient (Wildman–Crippen LogP) is 3.79. The molecule has 0 spiro atoms. The van der Waals surface area contributed by atoms with Gasteiger partial charge in [0.15, 0.2) is 0 Å². The van der Waals surface area contributed by atoms with Gasteiger partial charge in [0.1, 0.15) is 17.3 Å². The van der Waals surface area contributed by atoms with Crippen LogP contribution >= 0.6 is 0 Å². The second-order valence-corrected chi connectivity index (χ2v) is 3.71. The van der Waals surface area contributed by atoms with Crippen LogP contribution in [0.4, 0.5) is 17.6 Å². The van der Waals surface area contributed by atoms with Crippen LogP contribution in [0, 0.1) is 11.6 Å². The number of hydrogen-bond donors (Lipinski definition) is 0. The first-order valence-corrected chi connectivity index (χ1v) is 5.33. The van der Waals surface area contributed by atoms with Crippen molar-refractivity contribution in [3.63, 3.8) is 0 Å². The highest BCUT2D eigenvalue weighted by molar-refractivity contribution is 5.63. The standard InChI is InChI=1S/C12H10F4N2/c1-2-18-6-9(12(15)16)11(17-18)8-4-3-7(13)5-10(8)14/h3-6,12H,2H2,1H3. The molecule has 1 heterocycles. The summed E-state index contributed by atoms with van der Waals surface area (Å²) in [5, 5.41) is 3.88. The molecule has 0 N–H and O–H groups in total. The number of halogens is 4. The molecule has 1 aromatic carbocycles. The SMILES string of the molecule is CCn1cc(C(F)F)c(-c2ccc(F)cc2F)n1. The Kier molecular flexibility index (Phi) is 3.36. The van der Waals surface area contributed by atoms with Crippen LogP contribution in [0.1, 0.15) is 18.9 Å². The van der Waals surface area contributed by atoms with Gasteiger partial charge < -0.3 is 0 Å². The van der Waals surface area contributed by atoms with Crippen molar-refractivity contribution < 1.29 is 17.6 Å². The molecule has 0 fully saturated rings. The van der Waals surface area contributed by atoms with Crippen molar-refractivity contribution in [3.05, 3.63) is 41.6 Å². The highest BCUT2D eigenvalue weighted by atomic mass is 19.3. The molecule has 18 heavy (non-hydrogen) atoms. The van der Waals surface area contributed by atoms with Crippen molar-refractivity contribution in [1.29, 1.82) is 0 Å². The zero-order valence-corrected chi connectivity index (χ0v) is 9.50. The third-order valence-corrected chi connectivity index (χ3v) is 2.54. The van der Waals surface area contributed by atoms with E-state index in [-0.39, 0.29) is 16.8 Å². The summed E-state index contributed by atoms with van der Waals surface area (Å²) in [6, 6.07) is 2.77. The third-order valence-electron chi connectivity index (χ3n) is 2.54. The van der Waals surface area contributed by atoms with Crippen LogP contribution in [0.25, 0.3) is 11.3 Å². The Morgan fingerprint density at radius 1 is 1.28 bits per heavy atom. The van der Waals surface area contributed by atoms with E-state index in [2.05, 4.69) is 5.10 Å². The van der Waals surface area contributed by atoms with Gasteiger partial charge in [-0.15, -0.1) is 0 Å². The van der Waals surface area contributed by atoms with Gasteiger partial charge in [-0.05, 0) is 19.1 Å². The zero-order chi connectivity index (χ0) is 13.3. The first-order chi connectivity index (χ1) is 8.52. The molecule has 0 radical (unpaired) electrons. The molecule has 0 atom stereocenters. The van der Waals surface area contributed by atoms with E-state index in [1.807, 2.05) is 0 Å². The molecule has 1 aromatic heterocycles. The molecular formula is C12H10F4N2. The highest BCUT2D eigenvalue weighted by Gasteiger charge is 2.21. The van der Waals surface area contributed by atoms with Gasteiger partial charge >= 0.3 is 0 Å². The van der Waals surface area contributed by atoms with Crippen LogP contribution < -0.4 is 0 Å². The van der Waals surface area contributed by atoms with E-state index in [0.717, 1.165) is 12.1 Å². The Labute approximate surface area is 101 Å². The van der Waals surface area contributed by atoms with Gasteiger partial charge in [0.2, 0.25) is 0 Å². The molecule has 0 aliphatic heterocycles. The highest BCUT2D eigenvalue weighted by Crippen LogP contribution is 2.31. The average molecular weight is 258 g/mol. The van der Waals surface area contributed by atoms with Crippen LogP contribution in [0.5, 0.6) is 0 Å². The fraction of sp³-hybridized carbons (Fsp3) is 0.250. The van der Waals surface area contributed by atoms with E-state index < -0.39 is 18.1 Å². The van der Waals surface area contributed by atoms with Crippen LogP contribution in [0.2, 0.25) is 0 Å². The Bertz CT molecular complexity index is 563. The zero-order valence-electron chi connectivity index (χ0n) is 9.50. The van der Waals surface area contributed by atoms with Gasteiger partial charge in [0.25, 0.3) is 6.43 Å². The molecule has 0 saturated carbocycles. The van der Waals surface area contributed by atoms with Crippen molar-refractivity contribution in [1.82, 2.24) is 9.78 Å². The van der Waals surface area contributed by atoms with Gasteiger partial charge in [-0.1, -0.05) is 0 Å². The third kappa shape index (κ3) is 2.23. The summed E-state index contributed by atoms with van der Waals surface area (Å²) in [4.78, 5) is 0. The summed E-state index contributed by atoms with van der Waals surface area (Å²) in [6.45, 7) is 2.12. The number of aromatic nitrogens is 2. The summed E-state index contributed by atoms with van der Waals surface area (Å²) in [5.41, 5.74) is -0.634. The molecule has 2 aromatic rings. The Morgan fingerprint density at radius 3 is 2.56 bits per heavy atom. The molecule has 6 heteroatoms. The Balaban J connectivity index is 2.58. The quantitative estimate of drug-likeness (QED) is 0.766. The minimum absolute atomic E-state index is 0.126. The Morgan fingerprint density at radius 2 is 2.00 bits per heavy atom. The summed E-state index contributed by atoms with van der Waals surface area (Å²) in [7, 11) is 0. The number of aryl methyl sites for hydroxylation is 1. The minimum atomic E-state index is -2.76. The second-order valence-electron chi connectivity index (χ2n) is 3.71. The van der Waals surface area contributed by atoms with Gasteiger partial charge in [0.05, 0.1) is 5.56 Å². The fourth-order valence-corrected chi connectivity index (χ4v) is 1.65. The van der Waals surface area contributed by atoms with E-state index in [1.165, 1.54) is 10.9 Å². The largest absolute Gasteiger partial charge is 0.272 e. The second kappa shape index (κ2) is 4.80. The summed E-state index contributed by atoms with van der Waals surface area (Å²) < 4.78 is 53.3. The molecule has 96 valence electrons. The number of rotatable bonds is 3. The van der Waals surface area contributed by atoms with Crippen molar-refractivity contribution in [2.75, 3.05) is 0 Å². The van der Waals surface area contributed by atoms with E-state index in [9.17, 15) is 17.6 Å². The van der Waals surface area contributed by atoms with Crippen molar-refractivity contribution in [3.8, 4) is 11.3 Å². The Hall–Kier alpha value is -1.85. The van der Waals surface area contributed by atoms with Crippen LogP contribution in [0.15, 0.2) is 24.4 Å². The predicted molar refractivity (Wildman–Crippen MR) is 58.2 cm³/mol. The van der Waals surface area contributed by atoms with Gasteiger partial charge in [0, 0.05) is 24.4 Å². The molecule has 2 nitrogen and oxygen atoms in total. The van der Waals surface area contributed by atoms with Gasteiger partial charge in [-0.2, -0.15) is 5.10 Å². The van der Waals surface area contributed by atoms with Crippen LogP contribution in [0.3, 0.4) is 0 Å². The lowest BCUT2D eigenvalue weighted by molar-refractivity contribution is 0.152.